The molecule has 1 aromatic carbocycles. The van der Waals surface area contributed by atoms with Crippen LogP contribution in [0.15, 0.2) is 22.7 Å². The Morgan fingerprint density at radius 3 is 2.88 bits per heavy atom. The van der Waals surface area contributed by atoms with Crippen LogP contribution in [0.3, 0.4) is 0 Å². The van der Waals surface area contributed by atoms with Gasteiger partial charge < -0.3 is 9.84 Å². The lowest BCUT2D eigenvalue weighted by atomic mass is 9.91. The van der Waals surface area contributed by atoms with Gasteiger partial charge >= 0.3 is 6.03 Å². The van der Waals surface area contributed by atoms with Gasteiger partial charge in [0.25, 0.3) is 5.91 Å². The first-order valence-electron chi connectivity index (χ1n) is 8.46. The minimum absolute atomic E-state index is 0.0396. The molecule has 2 heterocycles. The minimum Gasteiger partial charge on any atom is -0.361 e. The fourth-order valence-electron chi connectivity index (χ4n) is 3.64. The summed E-state index contributed by atoms with van der Waals surface area (Å²) in [6.07, 6.45) is 3.74. The maximum absolute atomic E-state index is 13.3. The van der Waals surface area contributed by atoms with E-state index in [0.717, 1.165) is 48.0 Å². The van der Waals surface area contributed by atoms with Gasteiger partial charge in [0, 0.05) is 22.6 Å². The molecule has 4 rings (SSSR count). The number of hydrogen-bond acceptors (Lipinski definition) is 4. The number of carbonyl (C=O) groups is 2. The summed E-state index contributed by atoms with van der Waals surface area (Å²) in [5.41, 5.74) is 0.595. The summed E-state index contributed by atoms with van der Waals surface area (Å²) in [4.78, 5) is 26.6. The van der Waals surface area contributed by atoms with Crippen LogP contribution in [0.1, 0.15) is 42.3 Å². The molecule has 1 atom stereocenters. The maximum Gasteiger partial charge on any atom is 0.325 e. The van der Waals surface area contributed by atoms with Gasteiger partial charge in [-0.3, -0.25) is 9.69 Å². The Morgan fingerprint density at radius 2 is 2.12 bits per heavy atom. The molecule has 1 aliphatic heterocycles. The number of amides is 3. The van der Waals surface area contributed by atoms with E-state index in [1.807, 2.05) is 0 Å². The lowest BCUT2D eigenvalue weighted by Gasteiger charge is -2.23. The van der Waals surface area contributed by atoms with Gasteiger partial charge in [-0.25, -0.2) is 9.18 Å². The van der Waals surface area contributed by atoms with E-state index in [2.05, 4.69) is 10.5 Å². The van der Waals surface area contributed by atoms with E-state index in [1.54, 1.807) is 6.92 Å². The summed E-state index contributed by atoms with van der Waals surface area (Å²) >= 11 is 6.11. The number of rotatable bonds is 3. The van der Waals surface area contributed by atoms with E-state index in [1.165, 1.54) is 12.1 Å². The van der Waals surface area contributed by atoms with Gasteiger partial charge in [0.1, 0.15) is 22.8 Å². The molecule has 0 bridgehead atoms. The summed E-state index contributed by atoms with van der Waals surface area (Å²) in [6, 6.07) is 3.21. The zero-order chi connectivity index (χ0) is 18.5. The molecule has 1 unspecified atom stereocenters. The summed E-state index contributed by atoms with van der Waals surface area (Å²) in [5.74, 6) is -0.128. The summed E-state index contributed by atoms with van der Waals surface area (Å²) in [7, 11) is 0. The fourth-order valence-corrected chi connectivity index (χ4v) is 4.00. The molecule has 3 amide bonds. The average Bonchev–Trinajstić information content (AvgIpc) is 3.10. The molecular formula is C18H17ClFN3O3. The van der Waals surface area contributed by atoms with E-state index in [-0.39, 0.29) is 11.6 Å². The number of imide groups is 1. The van der Waals surface area contributed by atoms with Crippen LogP contribution in [-0.2, 0) is 29.7 Å². The number of aryl methyl sites for hydroxylation is 1. The molecule has 136 valence electrons. The van der Waals surface area contributed by atoms with Crippen LogP contribution in [0.5, 0.6) is 0 Å². The molecule has 2 aromatic rings. The number of urea groups is 1. The van der Waals surface area contributed by atoms with Crippen molar-refractivity contribution >= 4 is 23.5 Å². The van der Waals surface area contributed by atoms with Crippen molar-refractivity contribution in [3.8, 4) is 0 Å². The molecular weight excluding hydrogens is 361 g/mol. The Morgan fingerprint density at radius 1 is 1.35 bits per heavy atom. The Kier molecular flexibility index (Phi) is 3.99. The van der Waals surface area contributed by atoms with E-state index in [0.29, 0.717) is 11.3 Å². The predicted molar refractivity (Wildman–Crippen MR) is 91.0 cm³/mol. The van der Waals surface area contributed by atoms with Gasteiger partial charge in [-0.2, -0.15) is 0 Å². The highest BCUT2D eigenvalue weighted by molar-refractivity contribution is 6.32. The zero-order valence-corrected chi connectivity index (χ0v) is 14.9. The summed E-state index contributed by atoms with van der Waals surface area (Å²) in [5, 5.41) is 6.81. The molecule has 26 heavy (non-hydrogen) atoms. The standard InChI is InChI=1S/C18H17ClFN3O3/c1-18(12-7-6-10(20)8-13(12)19)16(24)23(17(25)21-18)9-14-11-4-2-3-5-15(11)26-22-14/h6-8H,2-5,9H2,1H3,(H,21,25). The molecule has 8 heteroatoms. The van der Waals surface area contributed by atoms with Gasteiger partial charge in [-0.15, -0.1) is 0 Å². The lowest BCUT2D eigenvalue weighted by molar-refractivity contribution is -0.131. The van der Waals surface area contributed by atoms with Gasteiger partial charge in [0.2, 0.25) is 0 Å². The number of carbonyl (C=O) groups excluding carboxylic acids is 2. The fraction of sp³-hybridized carbons (Fsp3) is 0.389. The molecule has 0 spiro atoms. The number of fused-ring (bicyclic) bond motifs is 1. The van der Waals surface area contributed by atoms with Crippen molar-refractivity contribution in [3.63, 3.8) is 0 Å². The van der Waals surface area contributed by atoms with Gasteiger partial charge in [0.05, 0.1) is 6.54 Å². The van der Waals surface area contributed by atoms with Crippen molar-refractivity contribution in [3.05, 3.63) is 51.6 Å². The first-order valence-corrected chi connectivity index (χ1v) is 8.84. The van der Waals surface area contributed by atoms with Crippen molar-refractivity contribution in [2.75, 3.05) is 0 Å². The number of benzene rings is 1. The van der Waals surface area contributed by atoms with E-state index in [4.69, 9.17) is 16.1 Å². The quantitative estimate of drug-likeness (QED) is 0.832. The minimum atomic E-state index is -1.36. The second-order valence-corrected chi connectivity index (χ2v) is 7.22. The van der Waals surface area contributed by atoms with Crippen LogP contribution in [0.25, 0.3) is 0 Å². The average molecular weight is 378 g/mol. The number of halogens is 2. The van der Waals surface area contributed by atoms with Crippen molar-refractivity contribution in [2.45, 2.75) is 44.7 Å². The molecule has 1 N–H and O–H groups in total. The number of hydrogen-bond donors (Lipinski definition) is 1. The highest BCUT2D eigenvalue weighted by Gasteiger charge is 2.50. The van der Waals surface area contributed by atoms with E-state index in [9.17, 15) is 14.0 Å². The SMILES string of the molecule is CC1(c2ccc(F)cc2Cl)NC(=O)N(Cc2noc3c2CCCC3)C1=O. The Balaban J connectivity index is 1.64. The van der Waals surface area contributed by atoms with Gasteiger partial charge in [-0.05, 0) is 38.3 Å². The topological polar surface area (TPSA) is 75.4 Å². The third-order valence-electron chi connectivity index (χ3n) is 5.08. The van der Waals surface area contributed by atoms with Crippen LogP contribution in [0, 0.1) is 5.82 Å². The number of aromatic nitrogens is 1. The Bertz CT molecular complexity index is 913. The summed E-state index contributed by atoms with van der Waals surface area (Å²) < 4.78 is 18.7. The molecule has 1 saturated heterocycles. The Labute approximate surface area is 154 Å². The third kappa shape index (κ3) is 2.58. The third-order valence-corrected chi connectivity index (χ3v) is 5.40. The van der Waals surface area contributed by atoms with Crippen LogP contribution in [0.2, 0.25) is 5.02 Å². The largest absolute Gasteiger partial charge is 0.361 e. The zero-order valence-electron chi connectivity index (χ0n) is 14.1. The molecule has 2 aliphatic rings. The van der Waals surface area contributed by atoms with Crippen LogP contribution in [0.4, 0.5) is 9.18 Å². The first-order chi connectivity index (χ1) is 12.4. The van der Waals surface area contributed by atoms with Crippen LogP contribution in [-0.4, -0.2) is 22.0 Å². The Hall–Kier alpha value is -2.41. The highest BCUT2D eigenvalue weighted by atomic mass is 35.5. The van der Waals surface area contributed by atoms with E-state index >= 15 is 0 Å². The first kappa shape index (κ1) is 17.0. The van der Waals surface area contributed by atoms with Crippen molar-refractivity contribution in [1.29, 1.82) is 0 Å². The number of nitrogens with zero attached hydrogens (tertiary/aromatic N) is 2. The molecule has 1 fully saturated rings. The molecule has 6 nitrogen and oxygen atoms in total. The maximum atomic E-state index is 13.3. The normalized spacial score (nSPS) is 22.5. The molecule has 1 aromatic heterocycles. The van der Waals surface area contributed by atoms with Crippen molar-refractivity contribution in [2.24, 2.45) is 0 Å². The van der Waals surface area contributed by atoms with Crippen molar-refractivity contribution < 1.29 is 18.5 Å². The molecule has 1 aliphatic carbocycles. The lowest BCUT2D eigenvalue weighted by Crippen LogP contribution is -2.41. The van der Waals surface area contributed by atoms with Crippen LogP contribution < -0.4 is 5.32 Å². The van der Waals surface area contributed by atoms with E-state index < -0.39 is 23.3 Å². The monoisotopic (exact) mass is 377 g/mol. The van der Waals surface area contributed by atoms with Gasteiger partial charge in [-0.1, -0.05) is 22.8 Å². The summed E-state index contributed by atoms with van der Waals surface area (Å²) in [6.45, 7) is 1.60. The second-order valence-electron chi connectivity index (χ2n) is 6.81. The second kappa shape index (κ2) is 6.09. The highest BCUT2D eigenvalue weighted by Crippen LogP contribution is 2.35. The smallest absolute Gasteiger partial charge is 0.325 e. The number of nitrogens with one attached hydrogen (secondary N) is 1. The molecule has 0 radical (unpaired) electrons. The van der Waals surface area contributed by atoms with Crippen LogP contribution >= 0.6 is 11.6 Å². The molecule has 0 saturated carbocycles. The van der Waals surface area contributed by atoms with Gasteiger partial charge in [0.15, 0.2) is 0 Å². The predicted octanol–water partition coefficient (Wildman–Crippen LogP) is 3.31. The van der Waals surface area contributed by atoms with Crippen molar-refractivity contribution in [1.82, 2.24) is 15.4 Å².